The Hall–Kier alpha value is 0.195. The van der Waals surface area contributed by atoms with Gasteiger partial charge in [-0.1, -0.05) is 19.3 Å². The zero-order chi connectivity index (χ0) is 20.3. The summed E-state index contributed by atoms with van der Waals surface area (Å²) in [7, 11) is -6.37. The Kier molecular flexibility index (Phi) is 7.80. The summed E-state index contributed by atoms with van der Waals surface area (Å²) in [6.45, 7) is 0. The van der Waals surface area contributed by atoms with E-state index in [-0.39, 0.29) is 0 Å². The third-order valence-corrected chi connectivity index (χ3v) is 14.1. The summed E-state index contributed by atoms with van der Waals surface area (Å²) in [5, 5.41) is 0. The molecule has 0 N–H and O–H groups in total. The van der Waals surface area contributed by atoms with Gasteiger partial charge in [0.25, 0.3) is 0 Å². The average molecular weight is 440 g/mol. The number of rotatable bonds is 6. The van der Waals surface area contributed by atoms with Crippen LogP contribution in [0.25, 0.3) is 0 Å². The lowest BCUT2D eigenvalue weighted by Crippen LogP contribution is -2.41. The van der Waals surface area contributed by atoms with Gasteiger partial charge in [0.05, 0.1) is 17.0 Å². The molecule has 0 atom stereocenters. The molecule has 161 valence electrons. The molecular formula is C19H33BF3O3PS+. The van der Waals surface area contributed by atoms with Crippen LogP contribution in [-0.4, -0.2) is 38.1 Å². The molecule has 9 heteroatoms. The molecule has 3 aliphatic carbocycles. The van der Waals surface area contributed by atoms with Gasteiger partial charge in [-0.3, -0.25) is 4.10 Å². The third-order valence-electron chi connectivity index (χ3n) is 7.26. The van der Waals surface area contributed by atoms with E-state index in [9.17, 15) is 21.6 Å². The quantitative estimate of drug-likeness (QED) is 0.273. The molecule has 3 fully saturated rings. The van der Waals surface area contributed by atoms with Gasteiger partial charge in [-0.25, -0.2) is 0 Å². The topological polar surface area (TPSA) is 43.4 Å². The van der Waals surface area contributed by atoms with Gasteiger partial charge in [0, 0.05) is 7.14 Å². The van der Waals surface area contributed by atoms with E-state index in [0.717, 1.165) is 77.0 Å². The highest BCUT2D eigenvalue weighted by Crippen LogP contribution is 2.76. The molecule has 3 nitrogen and oxygen atoms in total. The molecule has 0 heterocycles. The summed E-state index contributed by atoms with van der Waals surface area (Å²) in [6, 6.07) is 0. The van der Waals surface area contributed by atoms with Gasteiger partial charge in [-0.2, -0.15) is 21.6 Å². The number of hydrogen-bond donors (Lipinski definition) is 0. The Morgan fingerprint density at radius 1 is 0.679 bits per heavy atom. The molecule has 0 spiro atoms. The number of alkyl halides is 3. The van der Waals surface area contributed by atoms with E-state index in [1.165, 1.54) is 26.5 Å². The van der Waals surface area contributed by atoms with Gasteiger partial charge in [0.1, 0.15) is 0 Å². The fourth-order valence-electron chi connectivity index (χ4n) is 5.92. The molecule has 0 aromatic heterocycles. The van der Waals surface area contributed by atoms with Crippen LogP contribution in [-0.2, 0) is 14.2 Å². The minimum Gasteiger partial charge on any atom is -0.280 e. The minimum absolute atomic E-state index is 0.343. The molecule has 0 bridgehead atoms. The Labute approximate surface area is 169 Å². The standard InChI is InChI=1S/C19H33BF3O3PS/c21-19(22,23)28(24,25)26-20-27(16-10-4-1-5-11-16,17-12-6-2-7-13-17)18-14-8-3-9-15-18/h16-18H,1-15H2/q+1. The molecule has 0 aromatic carbocycles. The maximum absolute atomic E-state index is 13.0. The Balaban J connectivity index is 1.95. The second kappa shape index (κ2) is 9.55. The van der Waals surface area contributed by atoms with E-state index in [1.54, 1.807) is 0 Å². The van der Waals surface area contributed by atoms with Gasteiger partial charge < -0.3 is 0 Å². The highest BCUT2D eigenvalue weighted by atomic mass is 32.2. The molecule has 0 amide bonds. The summed E-state index contributed by atoms with van der Waals surface area (Å²) >= 11 is 0. The predicted molar refractivity (Wildman–Crippen MR) is 109 cm³/mol. The zero-order valence-electron chi connectivity index (χ0n) is 16.6. The lowest BCUT2D eigenvalue weighted by molar-refractivity contribution is -0.0498. The van der Waals surface area contributed by atoms with E-state index in [4.69, 9.17) is 4.10 Å². The van der Waals surface area contributed by atoms with Crippen molar-refractivity contribution < 1.29 is 25.7 Å². The minimum atomic E-state index is -5.57. The Morgan fingerprint density at radius 2 is 1.00 bits per heavy atom. The van der Waals surface area contributed by atoms with Crippen molar-refractivity contribution in [3.63, 3.8) is 0 Å². The maximum Gasteiger partial charge on any atom is 0.562 e. The molecule has 28 heavy (non-hydrogen) atoms. The van der Waals surface area contributed by atoms with Gasteiger partial charge >= 0.3 is 22.8 Å². The molecule has 0 aliphatic heterocycles. The summed E-state index contributed by atoms with van der Waals surface area (Å²) < 4.78 is 67.4. The van der Waals surface area contributed by atoms with Crippen LogP contribution in [0.4, 0.5) is 13.2 Å². The first-order valence-electron chi connectivity index (χ1n) is 11.0. The SMILES string of the molecule is O=S(=O)(O[B][P+](C1CCCCC1)(C1CCCCC1)C1CCCCC1)C(F)(F)F. The molecule has 0 saturated heterocycles. The van der Waals surface area contributed by atoms with E-state index in [0.29, 0.717) is 17.0 Å². The van der Waals surface area contributed by atoms with Crippen molar-refractivity contribution in [2.75, 3.05) is 0 Å². The predicted octanol–water partition coefficient (Wildman–Crippen LogP) is 6.40. The smallest absolute Gasteiger partial charge is 0.280 e. The van der Waals surface area contributed by atoms with Crippen molar-refractivity contribution in [2.24, 2.45) is 0 Å². The van der Waals surface area contributed by atoms with Crippen LogP contribution in [0.2, 0.25) is 0 Å². The van der Waals surface area contributed by atoms with Crippen molar-refractivity contribution in [1.82, 2.24) is 0 Å². The molecule has 3 saturated carbocycles. The second-order valence-electron chi connectivity index (χ2n) is 8.87. The monoisotopic (exact) mass is 440 g/mol. The largest absolute Gasteiger partial charge is 0.562 e. The molecular weight excluding hydrogens is 407 g/mol. The van der Waals surface area contributed by atoms with Crippen LogP contribution in [0.5, 0.6) is 0 Å². The number of hydrogen-bond acceptors (Lipinski definition) is 3. The number of halogens is 3. The first-order valence-corrected chi connectivity index (χ1v) is 14.5. The Bertz CT molecular complexity index is 550. The van der Waals surface area contributed by atoms with Crippen LogP contribution < -0.4 is 0 Å². The highest BCUT2D eigenvalue weighted by molar-refractivity contribution is 8.03. The van der Waals surface area contributed by atoms with Crippen molar-refractivity contribution in [1.29, 1.82) is 0 Å². The van der Waals surface area contributed by atoms with Crippen molar-refractivity contribution >= 4 is 24.5 Å². The summed E-state index contributed by atoms with van der Waals surface area (Å²) in [4.78, 5) is 0. The Morgan fingerprint density at radius 3 is 1.29 bits per heavy atom. The molecule has 0 unspecified atom stereocenters. The van der Waals surface area contributed by atoms with Crippen LogP contribution >= 0.6 is 7.14 Å². The van der Waals surface area contributed by atoms with Gasteiger partial charge in [0.15, 0.2) is 0 Å². The van der Waals surface area contributed by atoms with E-state index < -0.39 is 22.8 Å². The highest BCUT2D eigenvalue weighted by Gasteiger charge is 2.61. The van der Waals surface area contributed by atoms with Crippen molar-refractivity contribution in [3.05, 3.63) is 0 Å². The van der Waals surface area contributed by atoms with Gasteiger partial charge in [-0.15, -0.1) is 0 Å². The first-order chi connectivity index (χ1) is 13.3. The lowest BCUT2D eigenvalue weighted by Gasteiger charge is -2.48. The molecule has 1 radical (unpaired) electrons. The van der Waals surface area contributed by atoms with E-state index in [2.05, 4.69) is 0 Å². The van der Waals surface area contributed by atoms with Crippen LogP contribution in [0.3, 0.4) is 0 Å². The second-order valence-corrected chi connectivity index (χ2v) is 14.6. The first kappa shape index (κ1) is 22.9. The van der Waals surface area contributed by atoms with Gasteiger partial charge in [-0.05, 0) is 77.0 Å². The van der Waals surface area contributed by atoms with Crippen LogP contribution in [0.1, 0.15) is 96.3 Å². The van der Waals surface area contributed by atoms with Crippen LogP contribution in [0.15, 0.2) is 0 Å². The zero-order valence-corrected chi connectivity index (χ0v) is 18.3. The average Bonchev–Trinajstić information content (AvgIpc) is 2.70. The van der Waals surface area contributed by atoms with E-state index >= 15 is 0 Å². The summed E-state index contributed by atoms with van der Waals surface area (Å²) in [5.74, 6) is 0. The molecule has 0 aromatic rings. The summed E-state index contributed by atoms with van der Waals surface area (Å²) in [6.07, 6.45) is 16.3. The summed E-state index contributed by atoms with van der Waals surface area (Å²) in [5.41, 5.74) is -4.33. The molecule has 3 rings (SSSR count). The van der Waals surface area contributed by atoms with Gasteiger partial charge in [0.2, 0.25) is 0 Å². The maximum atomic E-state index is 13.0. The normalized spacial score (nSPS) is 25.0. The van der Waals surface area contributed by atoms with E-state index in [1.807, 2.05) is 0 Å². The van der Waals surface area contributed by atoms with Crippen LogP contribution in [0, 0.1) is 0 Å². The lowest BCUT2D eigenvalue weighted by atomic mass is 9.98. The third kappa shape index (κ3) is 4.91. The fraction of sp³-hybridized carbons (Fsp3) is 1.00. The fourth-order valence-corrected chi connectivity index (χ4v) is 13.2. The molecule has 3 aliphatic rings. The van der Waals surface area contributed by atoms with Crippen molar-refractivity contribution in [2.45, 2.75) is 119 Å². The van der Waals surface area contributed by atoms with Crippen molar-refractivity contribution in [3.8, 4) is 0 Å².